The molecule has 0 saturated carbocycles. The largest absolute Gasteiger partial charge is 0.339 e. The number of fused-ring (bicyclic) bond motifs is 3. The van der Waals surface area contributed by atoms with Gasteiger partial charge in [-0.3, -0.25) is 9.69 Å². The Labute approximate surface area is 156 Å². The second-order valence-electron chi connectivity index (χ2n) is 8.03. The predicted molar refractivity (Wildman–Crippen MR) is 105 cm³/mol. The summed E-state index contributed by atoms with van der Waals surface area (Å²) in [7, 11) is 2.12. The summed E-state index contributed by atoms with van der Waals surface area (Å²) in [4.78, 5) is 19.8. The van der Waals surface area contributed by atoms with E-state index in [0.717, 1.165) is 45.7 Å². The Morgan fingerprint density at radius 1 is 1.08 bits per heavy atom. The number of rotatable bonds is 3. The highest BCUT2D eigenvalue weighted by molar-refractivity contribution is 5.88. The Kier molecular flexibility index (Phi) is 4.76. The number of para-hydroxylation sites is 1. The summed E-state index contributed by atoms with van der Waals surface area (Å²) in [5.41, 5.74) is 4.00. The maximum absolute atomic E-state index is 13.0. The van der Waals surface area contributed by atoms with E-state index >= 15 is 0 Å². The molecule has 1 amide bonds. The molecule has 0 bridgehead atoms. The van der Waals surface area contributed by atoms with Crippen molar-refractivity contribution in [1.29, 1.82) is 0 Å². The molecule has 0 radical (unpaired) electrons. The highest BCUT2D eigenvalue weighted by Gasteiger charge is 2.27. The molecule has 5 nitrogen and oxygen atoms in total. The SMILES string of the molecule is CC(C)N1CCc2c(c3ccccc3n2CC(=O)N2CCN(C)CC2)C1. The summed E-state index contributed by atoms with van der Waals surface area (Å²) in [6.45, 7) is 10.7. The zero-order chi connectivity index (χ0) is 18.3. The quantitative estimate of drug-likeness (QED) is 0.847. The molecule has 0 aliphatic carbocycles. The Bertz CT molecular complexity index is 802. The molecule has 1 saturated heterocycles. The number of carbonyl (C=O) groups is 1. The first-order valence-electron chi connectivity index (χ1n) is 9.84. The van der Waals surface area contributed by atoms with Gasteiger partial charge < -0.3 is 14.4 Å². The molecule has 2 aliphatic heterocycles. The van der Waals surface area contributed by atoms with E-state index in [1.165, 1.54) is 22.2 Å². The van der Waals surface area contributed by atoms with Crippen LogP contribution >= 0.6 is 0 Å². The van der Waals surface area contributed by atoms with E-state index in [0.29, 0.717) is 12.6 Å². The molecule has 0 unspecified atom stereocenters. The van der Waals surface area contributed by atoms with Crippen molar-refractivity contribution in [2.45, 2.75) is 39.4 Å². The lowest BCUT2D eigenvalue weighted by atomic mass is 10.0. The topological polar surface area (TPSA) is 31.7 Å². The van der Waals surface area contributed by atoms with Gasteiger partial charge in [0.05, 0.1) is 0 Å². The molecule has 3 heterocycles. The Morgan fingerprint density at radius 3 is 2.54 bits per heavy atom. The Hall–Kier alpha value is -1.85. The van der Waals surface area contributed by atoms with Crippen molar-refractivity contribution in [1.82, 2.24) is 19.3 Å². The first-order chi connectivity index (χ1) is 12.5. The van der Waals surface area contributed by atoms with Crippen LogP contribution in [-0.2, 0) is 24.3 Å². The standard InChI is InChI=1S/C21H30N4O/c1-16(2)24-9-8-20-18(14-24)17-6-4-5-7-19(17)25(20)15-21(26)23-12-10-22(3)11-13-23/h4-7,16H,8-15H2,1-3H3. The summed E-state index contributed by atoms with van der Waals surface area (Å²) in [6.07, 6.45) is 1.03. The minimum absolute atomic E-state index is 0.257. The first-order valence-corrected chi connectivity index (χ1v) is 9.84. The van der Waals surface area contributed by atoms with Crippen LogP contribution in [0.5, 0.6) is 0 Å². The van der Waals surface area contributed by atoms with Gasteiger partial charge in [0.15, 0.2) is 0 Å². The molecule has 140 valence electrons. The molecule has 0 N–H and O–H groups in total. The van der Waals surface area contributed by atoms with E-state index < -0.39 is 0 Å². The van der Waals surface area contributed by atoms with E-state index in [9.17, 15) is 4.79 Å². The maximum Gasteiger partial charge on any atom is 0.242 e. The van der Waals surface area contributed by atoms with Gasteiger partial charge in [-0.25, -0.2) is 0 Å². The van der Waals surface area contributed by atoms with Crippen LogP contribution in [0.15, 0.2) is 24.3 Å². The monoisotopic (exact) mass is 354 g/mol. The molecule has 1 fully saturated rings. The molecule has 0 spiro atoms. The van der Waals surface area contributed by atoms with Gasteiger partial charge in [-0.2, -0.15) is 0 Å². The summed E-state index contributed by atoms with van der Waals surface area (Å²) in [5.74, 6) is 0.257. The second kappa shape index (κ2) is 7.05. The van der Waals surface area contributed by atoms with Gasteiger partial charge in [0.2, 0.25) is 5.91 Å². The third-order valence-corrected chi connectivity index (χ3v) is 6.07. The van der Waals surface area contributed by atoms with Crippen LogP contribution in [0.4, 0.5) is 0 Å². The number of carbonyl (C=O) groups excluding carboxylic acids is 1. The van der Waals surface area contributed by atoms with Crippen LogP contribution in [0.25, 0.3) is 10.9 Å². The van der Waals surface area contributed by atoms with Gasteiger partial charge >= 0.3 is 0 Å². The van der Waals surface area contributed by atoms with Gasteiger partial charge in [0.1, 0.15) is 6.54 Å². The minimum Gasteiger partial charge on any atom is -0.339 e. The second-order valence-corrected chi connectivity index (χ2v) is 8.03. The van der Waals surface area contributed by atoms with Crippen molar-refractivity contribution < 1.29 is 4.79 Å². The fourth-order valence-electron chi connectivity index (χ4n) is 4.33. The van der Waals surface area contributed by atoms with Crippen LogP contribution in [0, 0.1) is 0 Å². The van der Waals surface area contributed by atoms with Crippen LogP contribution < -0.4 is 0 Å². The van der Waals surface area contributed by atoms with Crippen molar-refractivity contribution >= 4 is 16.8 Å². The van der Waals surface area contributed by atoms with Crippen LogP contribution in [0.2, 0.25) is 0 Å². The third kappa shape index (κ3) is 3.14. The first kappa shape index (κ1) is 17.6. The Balaban J connectivity index is 1.64. The maximum atomic E-state index is 13.0. The van der Waals surface area contributed by atoms with Gasteiger partial charge in [-0.15, -0.1) is 0 Å². The summed E-state index contributed by atoms with van der Waals surface area (Å²) < 4.78 is 2.29. The van der Waals surface area contributed by atoms with E-state index in [1.54, 1.807) is 0 Å². The van der Waals surface area contributed by atoms with Crippen LogP contribution in [0.3, 0.4) is 0 Å². The molecule has 1 aromatic heterocycles. The van der Waals surface area contributed by atoms with Crippen molar-refractivity contribution in [3.63, 3.8) is 0 Å². The number of hydrogen-bond donors (Lipinski definition) is 0. The van der Waals surface area contributed by atoms with E-state index in [-0.39, 0.29) is 5.91 Å². The normalized spacial score (nSPS) is 19.3. The number of likely N-dealkylation sites (N-methyl/N-ethyl adjacent to an activating group) is 1. The summed E-state index contributed by atoms with van der Waals surface area (Å²) in [5, 5.41) is 1.32. The fraction of sp³-hybridized carbons (Fsp3) is 0.571. The molecule has 26 heavy (non-hydrogen) atoms. The summed E-state index contributed by atoms with van der Waals surface area (Å²) in [6, 6.07) is 9.14. The van der Waals surface area contributed by atoms with Crippen LogP contribution in [-0.4, -0.2) is 71.0 Å². The lowest BCUT2D eigenvalue weighted by Crippen LogP contribution is -2.48. The fourth-order valence-corrected chi connectivity index (χ4v) is 4.33. The predicted octanol–water partition coefficient (Wildman–Crippen LogP) is 2.18. The molecule has 2 aliphatic rings. The molecule has 4 rings (SSSR count). The Morgan fingerprint density at radius 2 is 1.81 bits per heavy atom. The average Bonchev–Trinajstić information content (AvgIpc) is 2.96. The third-order valence-electron chi connectivity index (χ3n) is 6.07. The van der Waals surface area contributed by atoms with E-state index in [1.807, 2.05) is 4.90 Å². The zero-order valence-electron chi connectivity index (χ0n) is 16.2. The number of benzene rings is 1. The average molecular weight is 354 g/mol. The number of hydrogen-bond acceptors (Lipinski definition) is 3. The van der Waals surface area contributed by atoms with E-state index in [2.05, 4.69) is 59.5 Å². The molecular formula is C21H30N4O. The van der Waals surface area contributed by atoms with Crippen molar-refractivity contribution in [2.24, 2.45) is 0 Å². The highest BCUT2D eigenvalue weighted by Crippen LogP contribution is 2.31. The lowest BCUT2D eigenvalue weighted by Gasteiger charge is -2.33. The van der Waals surface area contributed by atoms with Crippen molar-refractivity contribution in [2.75, 3.05) is 39.8 Å². The molecule has 5 heteroatoms. The van der Waals surface area contributed by atoms with Gasteiger partial charge in [0.25, 0.3) is 0 Å². The van der Waals surface area contributed by atoms with Crippen molar-refractivity contribution in [3.05, 3.63) is 35.5 Å². The molecule has 1 aromatic carbocycles. The van der Waals surface area contributed by atoms with Gasteiger partial charge in [-0.05, 0) is 32.5 Å². The lowest BCUT2D eigenvalue weighted by molar-refractivity contribution is -0.133. The molecule has 0 atom stereocenters. The number of amides is 1. The minimum atomic E-state index is 0.257. The van der Waals surface area contributed by atoms with Gasteiger partial charge in [-0.1, -0.05) is 18.2 Å². The van der Waals surface area contributed by atoms with Gasteiger partial charge in [0, 0.05) is 68.3 Å². The van der Waals surface area contributed by atoms with Crippen LogP contribution in [0.1, 0.15) is 25.1 Å². The molecule has 2 aromatic rings. The molecular weight excluding hydrogens is 324 g/mol. The highest BCUT2D eigenvalue weighted by atomic mass is 16.2. The zero-order valence-corrected chi connectivity index (χ0v) is 16.2. The number of piperazine rings is 1. The number of aromatic nitrogens is 1. The van der Waals surface area contributed by atoms with Crippen molar-refractivity contribution in [3.8, 4) is 0 Å². The van der Waals surface area contributed by atoms with E-state index in [4.69, 9.17) is 0 Å². The number of nitrogens with zero attached hydrogens (tertiary/aromatic N) is 4. The smallest absolute Gasteiger partial charge is 0.242 e. The summed E-state index contributed by atoms with van der Waals surface area (Å²) >= 11 is 0.